The second kappa shape index (κ2) is 4.78. The number of hydrogen-bond acceptors (Lipinski definition) is 2. The first-order chi connectivity index (χ1) is 8.70. The van der Waals surface area contributed by atoms with Crippen molar-refractivity contribution in [1.82, 2.24) is 0 Å². The molecule has 0 atom stereocenters. The van der Waals surface area contributed by atoms with Crippen molar-refractivity contribution in [1.29, 1.82) is 0 Å². The molecule has 0 saturated carbocycles. The number of rotatable bonds is 2. The van der Waals surface area contributed by atoms with E-state index < -0.39 is 5.41 Å². The summed E-state index contributed by atoms with van der Waals surface area (Å²) >= 11 is 3.51. The average Bonchev–Trinajstić information content (AvgIpc) is 2.68. The molecule has 0 aliphatic heterocycles. The molecule has 0 aliphatic rings. The van der Waals surface area contributed by atoms with Crippen LogP contribution >= 0.6 is 15.9 Å². The van der Waals surface area contributed by atoms with Crippen LogP contribution in [0.2, 0.25) is 0 Å². The first kappa shape index (κ1) is 14.3. The molecule has 1 aromatic carbocycles. The van der Waals surface area contributed by atoms with Gasteiger partial charge in [-0.05, 0) is 29.7 Å². The summed E-state index contributed by atoms with van der Waals surface area (Å²) in [7, 11) is 0. The van der Waals surface area contributed by atoms with Gasteiger partial charge in [0.05, 0.1) is 0 Å². The van der Waals surface area contributed by atoms with Gasteiger partial charge in [0.15, 0.2) is 5.76 Å². The van der Waals surface area contributed by atoms with Gasteiger partial charge in [-0.3, -0.25) is 4.79 Å². The van der Waals surface area contributed by atoms with Gasteiger partial charge in [-0.1, -0.05) is 50.5 Å². The van der Waals surface area contributed by atoms with Crippen molar-refractivity contribution < 1.29 is 9.21 Å². The number of Topliss-reactive ketones (excluding diaryl/α,β-unsaturated/α-hetero) is 1. The van der Waals surface area contributed by atoms with Crippen LogP contribution in [0.3, 0.4) is 0 Å². The van der Waals surface area contributed by atoms with E-state index in [-0.39, 0.29) is 5.78 Å². The fourth-order valence-electron chi connectivity index (χ4n) is 2.05. The molecule has 102 valence electrons. The largest absolute Gasteiger partial charge is 0.453 e. The zero-order valence-electron chi connectivity index (χ0n) is 12.0. The van der Waals surface area contributed by atoms with E-state index in [0.29, 0.717) is 11.7 Å². The van der Waals surface area contributed by atoms with Crippen LogP contribution in [0.1, 0.15) is 56.7 Å². The minimum absolute atomic E-state index is 0.0366. The Morgan fingerprint density at radius 3 is 2.37 bits per heavy atom. The highest BCUT2D eigenvalue weighted by atomic mass is 79.9. The van der Waals surface area contributed by atoms with Crippen molar-refractivity contribution >= 4 is 32.7 Å². The Morgan fingerprint density at radius 2 is 1.84 bits per heavy atom. The maximum absolute atomic E-state index is 12.3. The molecule has 0 amide bonds. The van der Waals surface area contributed by atoms with E-state index >= 15 is 0 Å². The topological polar surface area (TPSA) is 30.2 Å². The van der Waals surface area contributed by atoms with Gasteiger partial charge in [0.25, 0.3) is 0 Å². The highest BCUT2D eigenvalue weighted by Crippen LogP contribution is 2.33. The maximum Gasteiger partial charge on any atom is 0.203 e. The molecular formula is C16H19BrO2. The molecule has 0 spiro atoms. The second-order valence-electron chi connectivity index (χ2n) is 6.26. The number of ketones is 1. The van der Waals surface area contributed by atoms with Crippen LogP contribution in [-0.4, -0.2) is 5.78 Å². The molecule has 0 N–H and O–H groups in total. The minimum atomic E-state index is -0.427. The predicted molar refractivity (Wildman–Crippen MR) is 81.8 cm³/mol. The SMILES string of the molecule is CC(C)c1cc(Br)cc2cc(C(=O)C(C)(C)C)oc12. The lowest BCUT2D eigenvalue weighted by molar-refractivity contribution is 0.0830. The lowest BCUT2D eigenvalue weighted by Crippen LogP contribution is -2.19. The van der Waals surface area contributed by atoms with Crippen molar-refractivity contribution in [2.24, 2.45) is 5.41 Å². The summed E-state index contributed by atoms with van der Waals surface area (Å²) in [6.45, 7) is 9.95. The molecule has 2 rings (SSSR count). The van der Waals surface area contributed by atoms with Crippen LogP contribution in [0.5, 0.6) is 0 Å². The predicted octanol–water partition coefficient (Wildman–Crippen LogP) is 5.55. The number of fused-ring (bicyclic) bond motifs is 1. The highest BCUT2D eigenvalue weighted by molar-refractivity contribution is 9.10. The normalized spacial score (nSPS) is 12.4. The Bertz CT molecular complexity index is 630. The number of benzene rings is 1. The van der Waals surface area contributed by atoms with E-state index in [2.05, 4.69) is 35.8 Å². The van der Waals surface area contributed by atoms with E-state index in [4.69, 9.17) is 4.42 Å². The van der Waals surface area contributed by atoms with Crippen LogP contribution in [0.15, 0.2) is 27.1 Å². The molecule has 2 aromatic rings. The number of carbonyl (C=O) groups excluding carboxylic acids is 1. The van der Waals surface area contributed by atoms with Gasteiger partial charge < -0.3 is 4.42 Å². The van der Waals surface area contributed by atoms with Crippen LogP contribution in [0, 0.1) is 5.41 Å². The molecule has 0 fully saturated rings. The third-order valence-corrected chi connectivity index (χ3v) is 3.59. The molecule has 2 nitrogen and oxygen atoms in total. The number of carbonyl (C=O) groups is 1. The highest BCUT2D eigenvalue weighted by Gasteiger charge is 2.26. The average molecular weight is 323 g/mol. The van der Waals surface area contributed by atoms with E-state index in [1.54, 1.807) is 0 Å². The second-order valence-corrected chi connectivity index (χ2v) is 7.17. The van der Waals surface area contributed by atoms with Crippen molar-refractivity contribution in [3.05, 3.63) is 34.0 Å². The molecule has 3 heteroatoms. The van der Waals surface area contributed by atoms with Gasteiger partial charge in [0.1, 0.15) is 5.58 Å². The molecule has 0 bridgehead atoms. The summed E-state index contributed by atoms with van der Waals surface area (Å²) in [4.78, 5) is 12.3. The molecule has 1 aromatic heterocycles. The standard InChI is InChI=1S/C16H19BrO2/c1-9(2)12-8-11(17)6-10-7-13(19-14(10)12)15(18)16(3,4)5/h6-9H,1-5H3. The van der Waals surface area contributed by atoms with Gasteiger partial charge in [-0.15, -0.1) is 0 Å². The lowest BCUT2D eigenvalue weighted by atomic mass is 9.89. The van der Waals surface area contributed by atoms with Gasteiger partial charge in [0, 0.05) is 15.3 Å². The van der Waals surface area contributed by atoms with Crippen molar-refractivity contribution in [2.45, 2.75) is 40.5 Å². The molecule has 0 unspecified atom stereocenters. The van der Waals surface area contributed by atoms with Gasteiger partial charge in [-0.2, -0.15) is 0 Å². The number of furan rings is 1. The number of hydrogen-bond donors (Lipinski definition) is 0. The van der Waals surface area contributed by atoms with Gasteiger partial charge in [-0.25, -0.2) is 0 Å². The third kappa shape index (κ3) is 2.76. The molecule has 0 radical (unpaired) electrons. The fourth-order valence-corrected chi connectivity index (χ4v) is 2.55. The molecule has 1 heterocycles. The Hall–Kier alpha value is -1.09. The van der Waals surface area contributed by atoms with Crippen molar-refractivity contribution in [3.63, 3.8) is 0 Å². The number of halogens is 1. The summed E-state index contributed by atoms with van der Waals surface area (Å²) in [5.41, 5.74) is 1.52. The minimum Gasteiger partial charge on any atom is -0.453 e. The first-order valence-electron chi connectivity index (χ1n) is 6.48. The Labute approximate surface area is 122 Å². The quantitative estimate of drug-likeness (QED) is 0.679. The van der Waals surface area contributed by atoms with Crippen molar-refractivity contribution in [2.75, 3.05) is 0 Å². The van der Waals surface area contributed by atoms with Crippen molar-refractivity contribution in [3.8, 4) is 0 Å². The van der Waals surface area contributed by atoms with Crippen LogP contribution in [-0.2, 0) is 0 Å². The summed E-state index contributed by atoms with van der Waals surface area (Å²) in [5, 5.41) is 0.977. The summed E-state index contributed by atoms with van der Waals surface area (Å²) in [5.74, 6) is 0.834. The van der Waals surface area contributed by atoms with E-state index in [1.807, 2.05) is 32.9 Å². The fraction of sp³-hybridized carbons (Fsp3) is 0.438. The van der Waals surface area contributed by atoms with E-state index in [9.17, 15) is 4.79 Å². The first-order valence-corrected chi connectivity index (χ1v) is 7.27. The zero-order valence-corrected chi connectivity index (χ0v) is 13.6. The van der Waals surface area contributed by atoms with E-state index in [0.717, 1.165) is 21.0 Å². The van der Waals surface area contributed by atoms with Crippen LogP contribution in [0.25, 0.3) is 11.0 Å². The van der Waals surface area contributed by atoms with Gasteiger partial charge in [0.2, 0.25) is 5.78 Å². The zero-order chi connectivity index (χ0) is 14.4. The smallest absolute Gasteiger partial charge is 0.203 e. The van der Waals surface area contributed by atoms with E-state index in [1.165, 1.54) is 0 Å². The summed E-state index contributed by atoms with van der Waals surface area (Å²) in [6, 6.07) is 5.89. The third-order valence-electron chi connectivity index (χ3n) is 3.14. The molecule has 0 saturated heterocycles. The molecule has 0 aliphatic carbocycles. The molecular weight excluding hydrogens is 304 g/mol. The Kier molecular flexibility index (Phi) is 3.61. The summed E-state index contributed by atoms with van der Waals surface area (Å²) in [6.07, 6.45) is 0. The Morgan fingerprint density at radius 1 is 1.21 bits per heavy atom. The maximum atomic E-state index is 12.3. The molecule has 19 heavy (non-hydrogen) atoms. The van der Waals surface area contributed by atoms with Gasteiger partial charge >= 0.3 is 0 Å². The Balaban J connectivity index is 2.64. The lowest BCUT2D eigenvalue weighted by Gasteiger charge is -2.13. The van der Waals surface area contributed by atoms with Crippen LogP contribution in [0.4, 0.5) is 0 Å². The monoisotopic (exact) mass is 322 g/mol. The van der Waals surface area contributed by atoms with Crippen LogP contribution < -0.4 is 0 Å². The summed E-state index contributed by atoms with van der Waals surface area (Å²) < 4.78 is 6.85.